The van der Waals surface area contributed by atoms with Gasteiger partial charge in [0.1, 0.15) is 5.78 Å². The lowest BCUT2D eigenvalue weighted by molar-refractivity contribution is -0.121. The van der Waals surface area contributed by atoms with Crippen LogP contribution in [-0.2, 0) is 4.79 Å². The summed E-state index contributed by atoms with van der Waals surface area (Å²) in [6, 6.07) is 0.662. The number of rotatable bonds is 0. The first-order valence-electron chi connectivity index (χ1n) is 5.63. The van der Waals surface area contributed by atoms with E-state index in [0.29, 0.717) is 17.7 Å². The van der Waals surface area contributed by atoms with Crippen LogP contribution < -0.4 is 0 Å². The molecular formula is C11H17NO. The molecule has 0 amide bonds. The number of carbonyl (C=O) groups excluding carboxylic acids is 1. The number of Topliss-reactive ketones (excluding diaryl/α,β-unsaturated/α-hetero) is 1. The summed E-state index contributed by atoms with van der Waals surface area (Å²) < 4.78 is 0. The van der Waals surface area contributed by atoms with Crippen LogP contribution in [0.2, 0.25) is 0 Å². The van der Waals surface area contributed by atoms with Gasteiger partial charge in [0.05, 0.1) is 0 Å². The zero-order valence-corrected chi connectivity index (χ0v) is 8.04. The van der Waals surface area contributed by atoms with Gasteiger partial charge in [-0.3, -0.25) is 9.69 Å². The fourth-order valence-corrected chi connectivity index (χ4v) is 3.63. The van der Waals surface area contributed by atoms with Crippen LogP contribution in [0.1, 0.15) is 32.1 Å². The van der Waals surface area contributed by atoms with Crippen LogP contribution in [0.3, 0.4) is 0 Å². The van der Waals surface area contributed by atoms with Gasteiger partial charge in [-0.15, -0.1) is 0 Å². The van der Waals surface area contributed by atoms with Gasteiger partial charge in [-0.05, 0) is 38.3 Å². The second-order valence-corrected chi connectivity index (χ2v) is 4.85. The van der Waals surface area contributed by atoms with E-state index >= 15 is 0 Å². The first kappa shape index (κ1) is 7.98. The molecule has 0 bridgehead atoms. The summed E-state index contributed by atoms with van der Waals surface area (Å²) in [5.74, 6) is 1.73. The van der Waals surface area contributed by atoms with Crippen molar-refractivity contribution in [2.24, 2.45) is 11.8 Å². The molecule has 2 aliphatic heterocycles. The van der Waals surface area contributed by atoms with Gasteiger partial charge in [-0.1, -0.05) is 6.42 Å². The van der Waals surface area contributed by atoms with Crippen molar-refractivity contribution >= 4 is 5.78 Å². The summed E-state index contributed by atoms with van der Waals surface area (Å²) in [6.45, 7) is 2.52. The molecule has 0 N–H and O–H groups in total. The first-order valence-corrected chi connectivity index (χ1v) is 5.63. The highest BCUT2D eigenvalue weighted by molar-refractivity contribution is 5.84. The van der Waals surface area contributed by atoms with Crippen LogP contribution in [0.15, 0.2) is 0 Å². The van der Waals surface area contributed by atoms with Gasteiger partial charge in [0.2, 0.25) is 0 Å². The molecular weight excluding hydrogens is 162 g/mol. The Bertz CT molecular complexity index is 238. The normalized spacial score (nSPS) is 44.9. The second kappa shape index (κ2) is 2.81. The molecule has 3 atom stereocenters. The summed E-state index contributed by atoms with van der Waals surface area (Å²) in [6.07, 6.45) is 5.94. The molecule has 2 heteroatoms. The van der Waals surface area contributed by atoms with Gasteiger partial charge in [0.15, 0.2) is 0 Å². The molecule has 0 unspecified atom stereocenters. The van der Waals surface area contributed by atoms with E-state index in [-0.39, 0.29) is 0 Å². The Morgan fingerprint density at radius 1 is 1.15 bits per heavy atom. The van der Waals surface area contributed by atoms with Gasteiger partial charge in [-0.2, -0.15) is 0 Å². The highest BCUT2D eigenvalue weighted by Crippen LogP contribution is 2.43. The summed E-state index contributed by atoms with van der Waals surface area (Å²) in [4.78, 5) is 14.3. The molecule has 2 saturated heterocycles. The van der Waals surface area contributed by atoms with Gasteiger partial charge >= 0.3 is 0 Å². The van der Waals surface area contributed by atoms with Crippen LogP contribution in [-0.4, -0.2) is 29.8 Å². The molecule has 3 fully saturated rings. The number of hydrogen-bond donors (Lipinski definition) is 0. The standard InChI is InChI=1S/C11H17NO/c13-10-7-8-4-6-12-5-2-1-3-9(10)11(8)12/h8-9,11H,1-7H2/t8-,9+,11-/m0/s1. The first-order chi connectivity index (χ1) is 6.36. The minimum atomic E-state index is 0.426. The van der Waals surface area contributed by atoms with Crippen molar-refractivity contribution in [3.63, 3.8) is 0 Å². The van der Waals surface area contributed by atoms with Crippen molar-refractivity contribution in [1.82, 2.24) is 4.90 Å². The predicted octanol–water partition coefficient (Wildman–Crippen LogP) is 1.45. The van der Waals surface area contributed by atoms with E-state index in [1.54, 1.807) is 0 Å². The molecule has 3 rings (SSSR count). The zero-order valence-electron chi connectivity index (χ0n) is 8.04. The maximum atomic E-state index is 11.7. The highest BCUT2D eigenvalue weighted by atomic mass is 16.1. The molecule has 0 aromatic heterocycles. The quantitative estimate of drug-likeness (QED) is 0.561. The molecule has 72 valence electrons. The molecule has 2 nitrogen and oxygen atoms in total. The van der Waals surface area contributed by atoms with Crippen LogP contribution in [0.5, 0.6) is 0 Å². The molecule has 0 aromatic rings. The molecule has 0 aromatic carbocycles. The Hall–Kier alpha value is -0.370. The third-order valence-electron chi connectivity index (χ3n) is 4.19. The predicted molar refractivity (Wildman–Crippen MR) is 50.4 cm³/mol. The average Bonchev–Trinajstić information content (AvgIpc) is 2.55. The van der Waals surface area contributed by atoms with Crippen LogP contribution in [0.4, 0.5) is 0 Å². The van der Waals surface area contributed by atoms with E-state index in [9.17, 15) is 4.79 Å². The number of nitrogens with zero attached hydrogens (tertiary/aromatic N) is 1. The topological polar surface area (TPSA) is 20.3 Å². The van der Waals surface area contributed by atoms with Gasteiger partial charge in [0, 0.05) is 18.4 Å². The monoisotopic (exact) mass is 179 g/mol. The fraction of sp³-hybridized carbons (Fsp3) is 0.909. The highest BCUT2D eigenvalue weighted by Gasteiger charge is 2.48. The maximum absolute atomic E-state index is 11.7. The summed E-state index contributed by atoms with van der Waals surface area (Å²) in [7, 11) is 0. The Morgan fingerprint density at radius 2 is 2.08 bits per heavy atom. The Morgan fingerprint density at radius 3 is 3.00 bits per heavy atom. The molecule has 2 heterocycles. The Labute approximate surface area is 79.3 Å². The zero-order chi connectivity index (χ0) is 8.84. The van der Waals surface area contributed by atoms with Crippen LogP contribution >= 0.6 is 0 Å². The minimum absolute atomic E-state index is 0.426. The van der Waals surface area contributed by atoms with Crippen molar-refractivity contribution in [1.29, 1.82) is 0 Å². The molecule has 1 aliphatic carbocycles. The van der Waals surface area contributed by atoms with Gasteiger partial charge in [0.25, 0.3) is 0 Å². The second-order valence-electron chi connectivity index (χ2n) is 4.85. The summed E-state index contributed by atoms with van der Waals surface area (Å²) >= 11 is 0. The number of hydrogen-bond acceptors (Lipinski definition) is 2. The SMILES string of the molecule is O=C1C[C@@H]2CCN3CCCC[C@H]1[C@H]23. The number of ketones is 1. The third kappa shape index (κ3) is 1.08. The molecule has 0 spiro atoms. The van der Waals surface area contributed by atoms with Crippen LogP contribution in [0.25, 0.3) is 0 Å². The Balaban J connectivity index is 1.91. The minimum Gasteiger partial charge on any atom is -0.299 e. The van der Waals surface area contributed by atoms with Crippen molar-refractivity contribution in [2.75, 3.05) is 13.1 Å². The van der Waals surface area contributed by atoms with E-state index in [1.807, 2.05) is 0 Å². The summed E-state index contributed by atoms with van der Waals surface area (Å²) in [5.41, 5.74) is 0. The Kier molecular flexibility index (Phi) is 1.72. The smallest absolute Gasteiger partial charge is 0.137 e. The fourth-order valence-electron chi connectivity index (χ4n) is 3.63. The maximum Gasteiger partial charge on any atom is 0.137 e. The van der Waals surface area contributed by atoms with Gasteiger partial charge < -0.3 is 0 Å². The van der Waals surface area contributed by atoms with Crippen molar-refractivity contribution in [3.8, 4) is 0 Å². The van der Waals surface area contributed by atoms with E-state index in [1.165, 1.54) is 38.8 Å². The molecule has 3 aliphatic rings. The van der Waals surface area contributed by atoms with Crippen molar-refractivity contribution < 1.29 is 4.79 Å². The third-order valence-corrected chi connectivity index (χ3v) is 4.19. The lowest BCUT2D eigenvalue weighted by atomic mass is 9.95. The average molecular weight is 179 g/mol. The lowest BCUT2D eigenvalue weighted by Crippen LogP contribution is -2.35. The summed E-state index contributed by atoms with van der Waals surface area (Å²) in [5, 5.41) is 0. The van der Waals surface area contributed by atoms with E-state index in [2.05, 4.69) is 4.90 Å². The van der Waals surface area contributed by atoms with E-state index in [0.717, 1.165) is 12.3 Å². The molecule has 1 saturated carbocycles. The van der Waals surface area contributed by atoms with Crippen molar-refractivity contribution in [2.45, 2.75) is 38.1 Å². The van der Waals surface area contributed by atoms with Crippen molar-refractivity contribution in [3.05, 3.63) is 0 Å². The lowest BCUT2D eigenvalue weighted by Gasteiger charge is -2.24. The molecule has 0 radical (unpaired) electrons. The number of carbonyl (C=O) groups is 1. The van der Waals surface area contributed by atoms with E-state index in [4.69, 9.17) is 0 Å². The van der Waals surface area contributed by atoms with Crippen LogP contribution in [0, 0.1) is 11.8 Å². The molecule has 13 heavy (non-hydrogen) atoms. The van der Waals surface area contributed by atoms with E-state index < -0.39 is 0 Å². The largest absolute Gasteiger partial charge is 0.299 e. The van der Waals surface area contributed by atoms with Gasteiger partial charge in [-0.25, -0.2) is 0 Å².